The Morgan fingerprint density at radius 2 is 1.89 bits per heavy atom. The maximum atomic E-state index is 13.6. The van der Waals surface area contributed by atoms with Crippen LogP contribution in [0.5, 0.6) is 0 Å². The molecule has 3 heterocycles. The molecule has 0 bridgehead atoms. The van der Waals surface area contributed by atoms with E-state index in [0.29, 0.717) is 46.0 Å². The molecule has 4 aromatic rings. The summed E-state index contributed by atoms with van der Waals surface area (Å²) in [4.78, 5) is 44.8. The molecular weight excluding hydrogens is 496 g/mol. The van der Waals surface area contributed by atoms with Gasteiger partial charge < -0.3 is 14.3 Å². The average molecular weight is 517 g/mol. The van der Waals surface area contributed by atoms with Crippen LogP contribution < -0.4 is 4.90 Å². The highest BCUT2D eigenvalue weighted by Crippen LogP contribution is 2.41. The molecule has 9 heteroatoms. The van der Waals surface area contributed by atoms with Crippen LogP contribution in [0.2, 0.25) is 5.02 Å². The molecule has 1 aliphatic heterocycles. The lowest BCUT2D eigenvalue weighted by Gasteiger charge is -2.26. The van der Waals surface area contributed by atoms with Gasteiger partial charge in [-0.15, -0.1) is 0 Å². The van der Waals surface area contributed by atoms with Crippen molar-refractivity contribution in [3.8, 4) is 0 Å². The Balaban J connectivity index is 1.55. The lowest BCUT2D eigenvalue weighted by molar-refractivity contribution is -0.117. The van der Waals surface area contributed by atoms with Crippen molar-refractivity contribution in [3.05, 3.63) is 106 Å². The Hall–Kier alpha value is -4.43. The molecule has 0 spiro atoms. The second-order valence-corrected chi connectivity index (χ2v) is 8.84. The van der Waals surface area contributed by atoms with E-state index in [4.69, 9.17) is 20.8 Å². The van der Waals surface area contributed by atoms with Crippen molar-refractivity contribution in [1.82, 2.24) is 4.98 Å². The Morgan fingerprint density at radius 3 is 2.59 bits per heavy atom. The number of carbonyl (C=O) groups excluding carboxylic acids is 3. The standard InChI is InChI=1S/C28H21ClN2O6/c1-2-13-36-28(35)16-6-9-19(10-7-16)31-24(20-5-3-4-12-30-20)23(26(33)27(31)34)25(32)22-15-17-14-18(29)8-11-21(17)37-22/h3-12,14-15,24,33H,2,13H2,1H3. The minimum Gasteiger partial charge on any atom is -0.503 e. The number of hydrogen-bond donors (Lipinski definition) is 1. The highest BCUT2D eigenvalue weighted by atomic mass is 35.5. The zero-order valence-corrected chi connectivity index (χ0v) is 20.4. The number of anilines is 1. The molecular formula is C28H21ClN2O6. The van der Waals surface area contributed by atoms with Gasteiger partial charge in [0.2, 0.25) is 5.78 Å². The molecule has 1 N–H and O–H groups in total. The van der Waals surface area contributed by atoms with E-state index in [9.17, 15) is 19.5 Å². The van der Waals surface area contributed by atoms with Crippen molar-refractivity contribution in [2.24, 2.45) is 0 Å². The molecule has 1 aliphatic rings. The van der Waals surface area contributed by atoms with Crippen LogP contribution in [0.25, 0.3) is 11.0 Å². The fourth-order valence-corrected chi connectivity index (χ4v) is 4.40. The highest BCUT2D eigenvalue weighted by Gasteiger charge is 2.46. The summed E-state index contributed by atoms with van der Waals surface area (Å²) >= 11 is 6.06. The van der Waals surface area contributed by atoms with E-state index >= 15 is 0 Å². The topological polar surface area (TPSA) is 110 Å². The third kappa shape index (κ3) is 4.47. The number of hydrogen-bond acceptors (Lipinski definition) is 7. The van der Waals surface area contributed by atoms with Gasteiger partial charge in [0.1, 0.15) is 11.6 Å². The van der Waals surface area contributed by atoms with Crippen molar-refractivity contribution in [2.75, 3.05) is 11.5 Å². The maximum Gasteiger partial charge on any atom is 0.338 e. The number of aliphatic hydroxyl groups is 1. The number of pyridine rings is 1. The zero-order chi connectivity index (χ0) is 26.1. The molecule has 37 heavy (non-hydrogen) atoms. The van der Waals surface area contributed by atoms with E-state index in [1.54, 1.807) is 48.5 Å². The van der Waals surface area contributed by atoms with Crippen LogP contribution in [0.15, 0.2) is 88.7 Å². The van der Waals surface area contributed by atoms with Gasteiger partial charge in [0.05, 0.1) is 23.4 Å². The highest BCUT2D eigenvalue weighted by molar-refractivity contribution is 6.31. The van der Waals surface area contributed by atoms with E-state index in [-0.39, 0.29) is 11.3 Å². The third-order valence-electron chi connectivity index (χ3n) is 5.94. The zero-order valence-electron chi connectivity index (χ0n) is 19.7. The third-order valence-corrected chi connectivity index (χ3v) is 6.18. The van der Waals surface area contributed by atoms with E-state index in [0.717, 1.165) is 0 Å². The fourth-order valence-electron chi connectivity index (χ4n) is 4.22. The van der Waals surface area contributed by atoms with Crippen LogP contribution in [0.4, 0.5) is 5.69 Å². The average Bonchev–Trinajstić information content (AvgIpc) is 3.45. The minimum absolute atomic E-state index is 0.0524. The molecule has 0 radical (unpaired) electrons. The number of amides is 1. The summed E-state index contributed by atoms with van der Waals surface area (Å²) in [6, 6.07) is 16.7. The van der Waals surface area contributed by atoms with Crippen molar-refractivity contribution in [2.45, 2.75) is 19.4 Å². The number of fused-ring (bicyclic) bond motifs is 1. The fraction of sp³-hybridized carbons (Fsp3) is 0.143. The van der Waals surface area contributed by atoms with Crippen LogP contribution in [0.1, 0.15) is 46.0 Å². The molecule has 2 aromatic heterocycles. The van der Waals surface area contributed by atoms with Crippen LogP contribution >= 0.6 is 11.6 Å². The first-order chi connectivity index (χ1) is 17.9. The van der Waals surface area contributed by atoms with E-state index in [1.165, 1.54) is 29.3 Å². The van der Waals surface area contributed by atoms with Gasteiger partial charge in [-0.25, -0.2) is 4.79 Å². The number of esters is 1. The molecule has 1 unspecified atom stereocenters. The number of aliphatic hydroxyl groups excluding tert-OH is 1. The first kappa shape index (κ1) is 24.3. The number of ketones is 1. The van der Waals surface area contributed by atoms with Crippen molar-refractivity contribution < 1.29 is 28.6 Å². The van der Waals surface area contributed by atoms with Crippen molar-refractivity contribution in [3.63, 3.8) is 0 Å². The van der Waals surface area contributed by atoms with Crippen LogP contribution in [0, 0.1) is 0 Å². The van der Waals surface area contributed by atoms with Crippen LogP contribution in [-0.2, 0) is 9.53 Å². The molecule has 1 atom stereocenters. The molecule has 2 aromatic carbocycles. The Bertz CT molecular complexity index is 1540. The minimum atomic E-state index is -1.03. The number of aromatic nitrogens is 1. The van der Waals surface area contributed by atoms with Crippen LogP contribution in [0.3, 0.4) is 0 Å². The van der Waals surface area contributed by atoms with Gasteiger partial charge in [0, 0.05) is 22.3 Å². The van der Waals surface area contributed by atoms with Gasteiger partial charge in [-0.1, -0.05) is 24.6 Å². The van der Waals surface area contributed by atoms with Gasteiger partial charge in [-0.3, -0.25) is 19.5 Å². The van der Waals surface area contributed by atoms with Gasteiger partial charge in [0.15, 0.2) is 11.5 Å². The number of ether oxygens (including phenoxy) is 1. The second-order valence-electron chi connectivity index (χ2n) is 8.40. The predicted octanol–water partition coefficient (Wildman–Crippen LogP) is 5.83. The summed E-state index contributed by atoms with van der Waals surface area (Å²) in [7, 11) is 0. The maximum absolute atomic E-state index is 13.6. The summed E-state index contributed by atoms with van der Waals surface area (Å²) in [5.74, 6) is -2.67. The van der Waals surface area contributed by atoms with Gasteiger partial charge in [-0.2, -0.15) is 0 Å². The molecule has 0 aliphatic carbocycles. The molecule has 1 amide bonds. The molecule has 5 rings (SSSR count). The van der Waals surface area contributed by atoms with E-state index < -0.39 is 29.5 Å². The number of carbonyl (C=O) groups is 3. The number of Topliss-reactive ketones (excluding diaryl/α,β-unsaturated/α-hetero) is 1. The second kappa shape index (κ2) is 9.91. The Morgan fingerprint density at radius 1 is 1.11 bits per heavy atom. The molecule has 0 fully saturated rings. The molecule has 0 saturated heterocycles. The summed E-state index contributed by atoms with van der Waals surface area (Å²) in [6.45, 7) is 2.19. The van der Waals surface area contributed by atoms with E-state index in [1.807, 2.05) is 6.92 Å². The first-order valence-corrected chi connectivity index (χ1v) is 12.0. The SMILES string of the molecule is CCCOC(=O)c1ccc(N2C(=O)C(O)=C(C(=O)c3cc4cc(Cl)ccc4o3)C2c2ccccn2)cc1. The Labute approximate surface area is 216 Å². The summed E-state index contributed by atoms with van der Waals surface area (Å²) in [5.41, 5.74) is 1.31. The largest absolute Gasteiger partial charge is 0.503 e. The number of nitrogens with zero attached hydrogens (tertiary/aromatic N) is 2. The molecule has 0 saturated carbocycles. The lowest BCUT2D eigenvalue weighted by Crippen LogP contribution is -2.31. The number of benzene rings is 2. The normalized spacial score (nSPS) is 15.5. The summed E-state index contributed by atoms with van der Waals surface area (Å²) in [6.07, 6.45) is 2.23. The number of rotatable bonds is 7. The smallest absolute Gasteiger partial charge is 0.338 e. The van der Waals surface area contributed by atoms with Gasteiger partial charge in [-0.05, 0) is 67.1 Å². The molecule has 186 valence electrons. The monoisotopic (exact) mass is 516 g/mol. The first-order valence-electron chi connectivity index (χ1n) is 11.6. The quantitative estimate of drug-likeness (QED) is 0.243. The van der Waals surface area contributed by atoms with Crippen molar-refractivity contribution >= 4 is 45.9 Å². The van der Waals surface area contributed by atoms with Crippen LogP contribution in [-0.4, -0.2) is 34.4 Å². The summed E-state index contributed by atoms with van der Waals surface area (Å²) in [5, 5.41) is 12.0. The lowest BCUT2D eigenvalue weighted by atomic mass is 9.98. The Kier molecular flexibility index (Phi) is 6.50. The van der Waals surface area contributed by atoms with Crippen molar-refractivity contribution in [1.29, 1.82) is 0 Å². The van der Waals surface area contributed by atoms with Gasteiger partial charge in [0.25, 0.3) is 5.91 Å². The number of halogens is 1. The summed E-state index contributed by atoms with van der Waals surface area (Å²) < 4.78 is 10.9. The molecule has 8 nitrogen and oxygen atoms in total. The number of furan rings is 1. The predicted molar refractivity (Wildman–Crippen MR) is 137 cm³/mol. The van der Waals surface area contributed by atoms with Gasteiger partial charge >= 0.3 is 5.97 Å². The van der Waals surface area contributed by atoms with E-state index in [2.05, 4.69) is 4.98 Å².